The number of hydrogen-bond donors (Lipinski definition) is 1. The topological polar surface area (TPSA) is 47.6 Å². The van der Waals surface area contributed by atoms with Crippen LogP contribution in [0.5, 0.6) is 0 Å². The van der Waals surface area contributed by atoms with Gasteiger partial charge < -0.3 is 14.8 Å². The summed E-state index contributed by atoms with van der Waals surface area (Å²) in [7, 11) is 0. The van der Waals surface area contributed by atoms with Crippen molar-refractivity contribution in [2.24, 2.45) is 0 Å². The molecule has 0 aliphatic carbocycles. The highest BCUT2D eigenvalue weighted by Gasteiger charge is 2.31. The molecule has 3 unspecified atom stereocenters. The molecule has 0 radical (unpaired) electrons. The fourth-order valence-corrected chi connectivity index (χ4v) is 1.70. The second kappa shape index (κ2) is 5.73. The first kappa shape index (κ1) is 15.5. The maximum absolute atomic E-state index is 11.5. The van der Waals surface area contributed by atoms with E-state index in [4.69, 9.17) is 9.47 Å². The van der Waals surface area contributed by atoms with Crippen LogP contribution in [0.2, 0.25) is 0 Å². The predicted molar refractivity (Wildman–Crippen MR) is 65.0 cm³/mol. The van der Waals surface area contributed by atoms with Crippen molar-refractivity contribution in [2.45, 2.75) is 64.9 Å². The zero-order valence-corrected chi connectivity index (χ0v) is 11.4. The third kappa shape index (κ3) is 5.03. The summed E-state index contributed by atoms with van der Waals surface area (Å²) < 4.78 is 10.7. The number of carbonyl (C=O) groups excluding carboxylic acids is 1. The number of halogens is 1. The van der Waals surface area contributed by atoms with Crippen LogP contribution in [0.15, 0.2) is 0 Å². The van der Waals surface area contributed by atoms with Gasteiger partial charge in [-0.2, -0.15) is 0 Å². The number of alkyl carbamates (subject to hydrolysis) is 1. The molecule has 0 bridgehead atoms. The van der Waals surface area contributed by atoms with Crippen LogP contribution in [0.3, 0.4) is 0 Å². The Morgan fingerprint density at radius 3 is 2.31 bits per heavy atom. The van der Waals surface area contributed by atoms with Crippen LogP contribution in [0.25, 0.3) is 0 Å². The molecule has 0 aromatic heterocycles. The van der Waals surface area contributed by atoms with Crippen molar-refractivity contribution >= 4 is 18.5 Å². The summed E-state index contributed by atoms with van der Waals surface area (Å²) >= 11 is 0. The smallest absolute Gasteiger partial charge is 0.407 e. The predicted octanol–water partition coefficient (Wildman–Crippen LogP) is 2.50. The number of nitrogens with one attached hydrogen (secondary N) is 1. The molecule has 1 aliphatic heterocycles. The van der Waals surface area contributed by atoms with Crippen molar-refractivity contribution in [1.82, 2.24) is 5.32 Å². The molecule has 0 saturated carbocycles. The Hall–Kier alpha value is -0.480. The van der Waals surface area contributed by atoms with Crippen LogP contribution < -0.4 is 5.32 Å². The van der Waals surface area contributed by atoms with Crippen LogP contribution in [-0.4, -0.2) is 29.9 Å². The minimum absolute atomic E-state index is 0. The number of carbonyl (C=O) groups is 1. The fraction of sp³-hybridized carbons (Fsp3) is 0.909. The maximum Gasteiger partial charge on any atom is 0.407 e. The van der Waals surface area contributed by atoms with Crippen molar-refractivity contribution in [1.29, 1.82) is 0 Å². The number of amides is 1. The summed E-state index contributed by atoms with van der Waals surface area (Å²) in [4.78, 5) is 11.5. The van der Waals surface area contributed by atoms with Crippen LogP contribution in [-0.2, 0) is 9.47 Å². The average Bonchev–Trinajstić information content (AvgIpc) is 2.25. The Balaban J connectivity index is 0.00000225. The van der Waals surface area contributed by atoms with Gasteiger partial charge in [-0.3, -0.25) is 0 Å². The van der Waals surface area contributed by atoms with Gasteiger partial charge in [-0.15, -0.1) is 12.4 Å². The third-order valence-electron chi connectivity index (χ3n) is 2.30. The Morgan fingerprint density at radius 1 is 1.38 bits per heavy atom. The zero-order chi connectivity index (χ0) is 11.6. The van der Waals surface area contributed by atoms with Crippen molar-refractivity contribution in [3.05, 3.63) is 0 Å². The first-order valence-electron chi connectivity index (χ1n) is 5.43. The molecule has 0 aromatic rings. The van der Waals surface area contributed by atoms with Gasteiger partial charge in [-0.05, 0) is 41.0 Å². The molecule has 96 valence electrons. The molecule has 1 aliphatic rings. The molecule has 1 fully saturated rings. The van der Waals surface area contributed by atoms with Crippen molar-refractivity contribution in [3.8, 4) is 0 Å². The zero-order valence-electron chi connectivity index (χ0n) is 10.6. The van der Waals surface area contributed by atoms with Crippen molar-refractivity contribution in [3.63, 3.8) is 0 Å². The molecule has 4 nitrogen and oxygen atoms in total. The maximum atomic E-state index is 11.5. The van der Waals surface area contributed by atoms with E-state index in [2.05, 4.69) is 5.32 Å². The molecule has 5 heteroatoms. The van der Waals surface area contributed by atoms with Crippen LogP contribution >= 0.6 is 12.4 Å². The third-order valence-corrected chi connectivity index (χ3v) is 2.30. The highest BCUT2D eigenvalue weighted by molar-refractivity contribution is 5.85. The van der Waals surface area contributed by atoms with Crippen molar-refractivity contribution in [2.75, 3.05) is 0 Å². The van der Waals surface area contributed by atoms with Crippen LogP contribution in [0.4, 0.5) is 4.79 Å². The summed E-state index contributed by atoms with van der Waals surface area (Å²) in [6.07, 6.45) is 0.755. The standard InChI is InChI=1S/C11H21NO3.ClH/c1-7-6-9(8(2)14-7)12-10(13)15-11(3,4)5;/h7-9H,6H2,1-5H3,(H,12,13);1H. The minimum Gasteiger partial charge on any atom is -0.444 e. The largest absolute Gasteiger partial charge is 0.444 e. The molecule has 0 spiro atoms. The number of hydrogen-bond acceptors (Lipinski definition) is 3. The molecule has 0 aromatic carbocycles. The van der Waals surface area contributed by atoms with Gasteiger partial charge in [0.1, 0.15) is 5.60 Å². The number of rotatable bonds is 1. The van der Waals surface area contributed by atoms with Gasteiger partial charge in [0.15, 0.2) is 0 Å². The minimum atomic E-state index is -0.446. The van der Waals surface area contributed by atoms with E-state index in [1.165, 1.54) is 0 Å². The molecule has 1 amide bonds. The number of ether oxygens (including phenoxy) is 2. The lowest BCUT2D eigenvalue weighted by atomic mass is 10.1. The second-order valence-corrected chi connectivity index (χ2v) is 5.14. The highest BCUT2D eigenvalue weighted by Crippen LogP contribution is 2.20. The molecular weight excluding hydrogens is 230 g/mol. The summed E-state index contributed by atoms with van der Waals surface area (Å²) in [5, 5.41) is 2.83. The average molecular weight is 252 g/mol. The summed E-state index contributed by atoms with van der Waals surface area (Å²) in [5.74, 6) is 0. The van der Waals surface area contributed by atoms with E-state index in [-0.39, 0.29) is 36.8 Å². The summed E-state index contributed by atoms with van der Waals surface area (Å²) in [6.45, 7) is 9.52. The fourth-order valence-electron chi connectivity index (χ4n) is 1.70. The summed E-state index contributed by atoms with van der Waals surface area (Å²) in [6, 6.07) is 0.0647. The highest BCUT2D eigenvalue weighted by atomic mass is 35.5. The lowest BCUT2D eigenvalue weighted by molar-refractivity contribution is 0.0407. The Morgan fingerprint density at radius 2 is 1.94 bits per heavy atom. The van der Waals surface area contributed by atoms with Gasteiger partial charge in [0.25, 0.3) is 0 Å². The SMILES string of the molecule is CC1CC(NC(=O)OC(C)(C)C)C(C)O1.Cl. The molecular formula is C11H22ClNO3. The van der Waals surface area contributed by atoms with E-state index in [0.717, 1.165) is 6.42 Å². The van der Waals surface area contributed by atoms with E-state index >= 15 is 0 Å². The van der Waals surface area contributed by atoms with Gasteiger partial charge in [0.2, 0.25) is 0 Å². The van der Waals surface area contributed by atoms with Gasteiger partial charge in [-0.1, -0.05) is 0 Å². The second-order valence-electron chi connectivity index (χ2n) is 5.14. The molecule has 3 atom stereocenters. The lowest BCUT2D eigenvalue weighted by Crippen LogP contribution is -2.42. The monoisotopic (exact) mass is 251 g/mol. The van der Waals surface area contributed by atoms with E-state index in [1.807, 2.05) is 34.6 Å². The van der Waals surface area contributed by atoms with Gasteiger partial charge in [0.05, 0.1) is 18.2 Å². The quantitative estimate of drug-likeness (QED) is 0.779. The van der Waals surface area contributed by atoms with Crippen LogP contribution in [0.1, 0.15) is 41.0 Å². The van der Waals surface area contributed by atoms with Gasteiger partial charge in [-0.25, -0.2) is 4.79 Å². The first-order valence-corrected chi connectivity index (χ1v) is 5.43. The van der Waals surface area contributed by atoms with Gasteiger partial charge in [0, 0.05) is 0 Å². The van der Waals surface area contributed by atoms with E-state index in [9.17, 15) is 4.79 Å². The summed E-state index contributed by atoms with van der Waals surface area (Å²) in [5.41, 5.74) is -0.446. The van der Waals surface area contributed by atoms with Gasteiger partial charge >= 0.3 is 6.09 Å². The molecule has 1 heterocycles. The van der Waals surface area contributed by atoms with Crippen LogP contribution in [0, 0.1) is 0 Å². The van der Waals surface area contributed by atoms with Crippen molar-refractivity contribution < 1.29 is 14.3 Å². The molecule has 1 rings (SSSR count). The van der Waals surface area contributed by atoms with E-state index < -0.39 is 5.60 Å². The normalized spacial score (nSPS) is 29.4. The molecule has 1 saturated heterocycles. The Bertz CT molecular complexity index is 240. The Kier molecular flexibility index (Phi) is 5.56. The van der Waals surface area contributed by atoms with E-state index in [1.54, 1.807) is 0 Å². The Labute approximate surface area is 103 Å². The first-order chi connectivity index (χ1) is 6.78. The van der Waals surface area contributed by atoms with E-state index in [0.29, 0.717) is 0 Å². The lowest BCUT2D eigenvalue weighted by Gasteiger charge is -2.22. The molecule has 16 heavy (non-hydrogen) atoms. The molecule has 1 N–H and O–H groups in total.